The van der Waals surface area contributed by atoms with Crippen LogP contribution in [0.4, 0.5) is 4.79 Å². The first-order chi connectivity index (χ1) is 14.0. The Kier molecular flexibility index (Phi) is 5.51. The minimum atomic E-state index is -0.324. The van der Waals surface area contributed by atoms with Crippen molar-refractivity contribution in [1.29, 1.82) is 0 Å². The average Bonchev–Trinajstić information content (AvgIpc) is 2.98. The number of carbonyl (C=O) groups is 2. The molecule has 3 aromatic carbocycles. The Morgan fingerprint density at radius 2 is 1.90 bits per heavy atom. The Bertz CT molecular complexity index is 1170. The summed E-state index contributed by atoms with van der Waals surface area (Å²) in [4.78, 5) is 27.0. The summed E-state index contributed by atoms with van der Waals surface area (Å²) < 4.78 is 5.77. The molecule has 5 nitrogen and oxygen atoms in total. The number of nitrogens with zero attached hydrogens (tertiary/aromatic N) is 1. The van der Waals surface area contributed by atoms with Crippen molar-refractivity contribution in [3.63, 3.8) is 0 Å². The van der Waals surface area contributed by atoms with Gasteiger partial charge in [-0.1, -0.05) is 42.5 Å². The number of hydrogen-bond acceptors (Lipinski definition) is 5. The Labute approximate surface area is 185 Å². The third-order valence-electron chi connectivity index (χ3n) is 4.65. The maximum atomic E-state index is 12.9. The monoisotopic (exact) mass is 517 g/mol. The number of fused-ring (bicyclic) bond motifs is 1. The molecule has 7 heteroatoms. The van der Waals surface area contributed by atoms with Crippen molar-refractivity contribution in [2.45, 2.75) is 6.54 Å². The van der Waals surface area contributed by atoms with Gasteiger partial charge in [-0.25, -0.2) is 0 Å². The Morgan fingerprint density at radius 1 is 1.14 bits per heavy atom. The zero-order valence-corrected chi connectivity index (χ0v) is 18.4. The highest BCUT2D eigenvalue weighted by Crippen LogP contribution is 2.37. The van der Waals surface area contributed by atoms with Crippen molar-refractivity contribution in [2.75, 3.05) is 7.11 Å². The van der Waals surface area contributed by atoms with Crippen LogP contribution in [0.1, 0.15) is 11.1 Å². The number of phenolic OH excluding ortho intramolecular Hbond substituents is 1. The van der Waals surface area contributed by atoms with Crippen LogP contribution in [0.25, 0.3) is 16.8 Å². The Hall–Kier alpha value is -2.52. The smallest absolute Gasteiger partial charge is 0.293 e. The number of aromatic hydroxyl groups is 1. The van der Waals surface area contributed by atoms with E-state index in [0.29, 0.717) is 19.8 Å². The summed E-state index contributed by atoms with van der Waals surface area (Å²) >= 11 is 2.91. The number of amides is 2. The van der Waals surface area contributed by atoms with E-state index in [-0.39, 0.29) is 23.4 Å². The van der Waals surface area contributed by atoms with Crippen LogP contribution in [0.2, 0.25) is 0 Å². The SMILES string of the molecule is COc1cc(/C=C2\SC(=O)N(Cc3cccc4ccccc34)C2=O)cc(I)c1O. The quantitative estimate of drug-likeness (QED) is 0.371. The maximum absolute atomic E-state index is 12.9. The number of ether oxygens (including phenoxy) is 1. The van der Waals surface area contributed by atoms with Gasteiger partial charge >= 0.3 is 0 Å². The van der Waals surface area contributed by atoms with Crippen molar-refractivity contribution in [3.8, 4) is 11.5 Å². The zero-order chi connectivity index (χ0) is 20.5. The van der Waals surface area contributed by atoms with E-state index in [9.17, 15) is 14.7 Å². The molecule has 1 fully saturated rings. The second kappa shape index (κ2) is 8.08. The molecule has 1 saturated heterocycles. The first-order valence-corrected chi connectivity index (χ1v) is 10.7. The molecule has 29 heavy (non-hydrogen) atoms. The number of rotatable bonds is 4. The van der Waals surface area contributed by atoms with Crippen molar-refractivity contribution in [2.24, 2.45) is 0 Å². The first kappa shape index (κ1) is 19.8. The van der Waals surface area contributed by atoms with Crippen molar-refractivity contribution in [1.82, 2.24) is 4.90 Å². The predicted octanol–water partition coefficient (Wildman–Crippen LogP) is 5.40. The Morgan fingerprint density at radius 3 is 2.69 bits per heavy atom. The molecule has 0 aliphatic carbocycles. The molecule has 2 amide bonds. The molecule has 146 valence electrons. The van der Waals surface area contributed by atoms with Crippen molar-refractivity contribution in [3.05, 3.63) is 74.2 Å². The molecular formula is C22H16INO4S. The molecule has 0 bridgehead atoms. The van der Waals surface area contributed by atoms with E-state index in [1.165, 1.54) is 12.0 Å². The van der Waals surface area contributed by atoms with Crippen LogP contribution >= 0.6 is 34.4 Å². The van der Waals surface area contributed by atoms with Crippen molar-refractivity contribution >= 4 is 62.3 Å². The third-order valence-corrected chi connectivity index (χ3v) is 6.38. The van der Waals surface area contributed by atoms with Gasteiger partial charge in [0.2, 0.25) is 0 Å². The third kappa shape index (κ3) is 3.84. The van der Waals surface area contributed by atoms with Gasteiger partial charge in [0.15, 0.2) is 11.5 Å². The molecule has 0 saturated carbocycles. The van der Waals surface area contributed by atoms with Crippen LogP contribution in [0, 0.1) is 3.57 Å². The fourth-order valence-corrected chi connectivity index (χ4v) is 4.68. The summed E-state index contributed by atoms with van der Waals surface area (Å²) in [6, 6.07) is 17.1. The average molecular weight is 517 g/mol. The second-order valence-corrected chi connectivity index (χ2v) is 8.62. The van der Waals surface area contributed by atoms with Crippen LogP contribution < -0.4 is 4.74 Å². The van der Waals surface area contributed by atoms with E-state index >= 15 is 0 Å². The number of imide groups is 1. The molecule has 1 N–H and O–H groups in total. The maximum Gasteiger partial charge on any atom is 0.293 e. The van der Waals surface area contributed by atoms with E-state index in [2.05, 4.69) is 0 Å². The lowest BCUT2D eigenvalue weighted by molar-refractivity contribution is -0.123. The molecule has 4 rings (SSSR count). The summed E-state index contributed by atoms with van der Waals surface area (Å²) in [5, 5.41) is 11.8. The summed E-state index contributed by atoms with van der Waals surface area (Å²) in [6.07, 6.45) is 1.65. The summed E-state index contributed by atoms with van der Waals surface area (Å²) in [6.45, 7) is 0.222. The molecule has 0 atom stereocenters. The highest BCUT2D eigenvalue weighted by Gasteiger charge is 2.35. The van der Waals surface area contributed by atoms with Crippen LogP contribution in [0.5, 0.6) is 11.5 Å². The molecule has 0 spiro atoms. The van der Waals surface area contributed by atoms with Gasteiger partial charge in [-0.2, -0.15) is 0 Å². The van der Waals surface area contributed by atoms with Gasteiger partial charge in [0, 0.05) is 0 Å². The lowest BCUT2D eigenvalue weighted by atomic mass is 10.0. The predicted molar refractivity (Wildman–Crippen MR) is 123 cm³/mol. The molecular weight excluding hydrogens is 501 g/mol. The molecule has 1 heterocycles. The highest BCUT2D eigenvalue weighted by atomic mass is 127. The number of benzene rings is 3. The van der Waals surface area contributed by atoms with Gasteiger partial charge in [0.1, 0.15) is 0 Å². The fraction of sp³-hybridized carbons (Fsp3) is 0.0909. The highest BCUT2D eigenvalue weighted by molar-refractivity contribution is 14.1. The number of methoxy groups -OCH3 is 1. The lowest BCUT2D eigenvalue weighted by Crippen LogP contribution is -2.27. The number of thioether (sulfide) groups is 1. The van der Waals surface area contributed by atoms with E-state index in [1.807, 2.05) is 65.1 Å². The van der Waals surface area contributed by atoms with Gasteiger partial charge in [-0.15, -0.1) is 0 Å². The van der Waals surface area contributed by atoms with Crippen LogP contribution in [0.15, 0.2) is 59.5 Å². The molecule has 1 aliphatic heterocycles. The van der Waals surface area contributed by atoms with E-state index in [1.54, 1.807) is 18.2 Å². The number of phenols is 1. The number of halogens is 1. The van der Waals surface area contributed by atoms with Gasteiger partial charge in [0.05, 0.1) is 22.1 Å². The Balaban J connectivity index is 1.64. The first-order valence-electron chi connectivity index (χ1n) is 8.76. The van der Waals surface area contributed by atoms with Gasteiger partial charge in [0.25, 0.3) is 11.1 Å². The van der Waals surface area contributed by atoms with E-state index in [4.69, 9.17) is 4.74 Å². The molecule has 3 aromatic rings. The van der Waals surface area contributed by atoms with E-state index < -0.39 is 0 Å². The molecule has 0 aromatic heterocycles. The molecule has 0 radical (unpaired) electrons. The van der Waals surface area contributed by atoms with E-state index in [0.717, 1.165) is 28.1 Å². The number of carbonyl (C=O) groups excluding carboxylic acids is 2. The van der Waals surface area contributed by atoms with Crippen LogP contribution in [0.3, 0.4) is 0 Å². The molecule has 0 unspecified atom stereocenters. The summed E-state index contributed by atoms with van der Waals surface area (Å²) in [5.74, 6) is 0.0439. The fourth-order valence-electron chi connectivity index (χ4n) is 3.22. The summed E-state index contributed by atoms with van der Waals surface area (Å²) in [5.41, 5.74) is 1.60. The summed E-state index contributed by atoms with van der Waals surface area (Å²) in [7, 11) is 1.47. The normalized spacial score (nSPS) is 15.5. The minimum Gasteiger partial charge on any atom is -0.504 e. The van der Waals surface area contributed by atoms with Gasteiger partial charge in [-0.3, -0.25) is 14.5 Å². The van der Waals surface area contributed by atoms with Crippen molar-refractivity contribution < 1.29 is 19.4 Å². The standard InChI is InChI=1S/C22H16INO4S/c1-28-18-10-13(9-17(23)20(18)25)11-19-21(26)24(22(27)29-19)12-15-7-4-6-14-5-2-3-8-16(14)15/h2-11,25H,12H2,1H3/b19-11-. The van der Waals surface area contributed by atoms with Crippen LogP contribution in [-0.4, -0.2) is 28.3 Å². The zero-order valence-electron chi connectivity index (χ0n) is 15.4. The minimum absolute atomic E-state index is 0.0503. The second-order valence-electron chi connectivity index (χ2n) is 6.46. The van der Waals surface area contributed by atoms with Gasteiger partial charge in [-0.05, 0) is 74.5 Å². The molecule has 1 aliphatic rings. The lowest BCUT2D eigenvalue weighted by Gasteiger charge is -2.14. The van der Waals surface area contributed by atoms with Crippen LogP contribution in [-0.2, 0) is 11.3 Å². The number of hydrogen-bond donors (Lipinski definition) is 1. The largest absolute Gasteiger partial charge is 0.504 e. The topological polar surface area (TPSA) is 66.8 Å². The van der Waals surface area contributed by atoms with Gasteiger partial charge < -0.3 is 9.84 Å².